The van der Waals surface area contributed by atoms with Gasteiger partial charge in [-0.2, -0.15) is 24.3 Å². The summed E-state index contributed by atoms with van der Waals surface area (Å²) in [4.78, 5) is 57.6. The highest BCUT2D eigenvalue weighted by atomic mass is 16.5. The van der Waals surface area contributed by atoms with Crippen LogP contribution >= 0.6 is 0 Å². The second-order valence-corrected chi connectivity index (χ2v) is 29.8. The molecule has 18 rings (SSSR count). The molecule has 0 bridgehead atoms. The summed E-state index contributed by atoms with van der Waals surface area (Å²) in [6, 6.07) is 90.3. The first-order valence-electron chi connectivity index (χ1n) is 39.4. The van der Waals surface area contributed by atoms with E-state index in [0.717, 1.165) is 168 Å². The molecule has 0 aliphatic heterocycles. The number of quaternary nitrogens is 2. The van der Waals surface area contributed by atoms with Crippen molar-refractivity contribution in [3.8, 4) is 17.2 Å². The number of benzene rings is 15. The maximum Gasteiger partial charge on any atom is 0.311 e. The number of aryl methyl sites for hydroxylation is 3. The van der Waals surface area contributed by atoms with Gasteiger partial charge >= 0.3 is 12.8 Å². The molecule has 2 unspecified atom stereocenters. The number of aromatic nitrogens is 3. The van der Waals surface area contributed by atoms with Gasteiger partial charge in [0.15, 0.2) is 17.1 Å². The zero-order valence-electron chi connectivity index (χ0n) is 66.7. The lowest BCUT2D eigenvalue weighted by molar-refractivity contribution is -0.115. The molecule has 0 aliphatic carbocycles. The number of nitrogens with one attached hydrogen (secondary N) is 3. The largest absolute Gasteiger partial charge is 0.494 e. The minimum atomic E-state index is -0.263. The molecule has 0 saturated carbocycles. The number of para-hydroxylation sites is 6. The number of H-pyrrole nitrogens is 3. The van der Waals surface area contributed by atoms with Crippen LogP contribution in [0.2, 0.25) is 0 Å². The average molecular weight is 1550 g/mol. The van der Waals surface area contributed by atoms with Crippen molar-refractivity contribution in [2.45, 2.75) is 40.0 Å². The van der Waals surface area contributed by atoms with Gasteiger partial charge in [0, 0.05) is 130 Å². The van der Waals surface area contributed by atoms with E-state index in [1.165, 1.54) is 0 Å². The monoisotopic (exact) mass is 1550 g/mol. The van der Waals surface area contributed by atoms with Gasteiger partial charge in [-0.15, -0.1) is 15.3 Å². The normalized spacial score (nSPS) is 13.0. The fraction of sp³-hybridized carbons (Fsp3) is 0.121. The van der Waals surface area contributed by atoms with Crippen LogP contribution in [0.15, 0.2) is 304 Å². The summed E-state index contributed by atoms with van der Waals surface area (Å²) >= 11 is 0. The third-order valence-corrected chi connectivity index (χ3v) is 23.3. The van der Waals surface area contributed by atoms with Gasteiger partial charge in [-0.3, -0.25) is 4.79 Å². The Labute approximate surface area is 680 Å². The van der Waals surface area contributed by atoms with Gasteiger partial charge in [0.2, 0.25) is 11.5 Å². The Balaban J connectivity index is 0.766. The lowest BCUT2D eigenvalue weighted by Gasteiger charge is -2.30. The Morgan fingerprint density at radius 1 is 0.364 bits per heavy atom. The summed E-state index contributed by atoms with van der Waals surface area (Å²) in [5.41, 5.74) is 17.7. The fourth-order valence-corrected chi connectivity index (χ4v) is 17.2. The Kier molecular flexibility index (Phi) is 19.3. The predicted octanol–water partition coefficient (Wildman–Crippen LogP) is 26.6. The molecule has 3 heterocycles. The van der Waals surface area contributed by atoms with E-state index in [4.69, 9.17) is 44.9 Å². The summed E-state index contributed by atoms with van der Waals surface area (Å²) in [6.45, 7) is 6.25. The van der Waals surface area contributed by atoms with Crippen LogP contribution in [0, 0.1) is 0 Å². The van der Waals surface area contributed by atoms with Gasteiger partial charge < -0.3 is 39.0 Å². The molecule has 3 aromatic heterocycles. The van der Waals surface area contributed by atoms with Crippen molar-refractivity contribution in [1.29, 1.82) is 0 Å². The molecule has 19 nitrogen and oxygen atoms in total. The molecular formula is C99H83N13O6+2. The number of methoxy groups -OCH3 is 3. The molecule has 0 spiro atoms. The number of hydrogen-bond donors (Lipinski definition) is 3. The zero-order chi connectivity index (χ0) is 81.1. The van der Waals surface area contributed by atoms with Crippen molar-refractivity contribution in [2.24, 2.45) is 30.7 Å². The minimum Gasteiger partial charge on any atom is -0.494 e. The van der Waals surface area contributed by atoms with E-state index in [0.29, 0.717) is 75.4 Å². The average Bonchev–Trinajstić information content (AvgIpc) is 1.21. The first-order valence-corrected chi connectivity index (χ1v) is 39.4. The maximum absolute atomic E-state index is 15.0. The molecule has 2 atom stereocenters. The number of carbonyl (C=O) groups is 3. The molecular weight excluding hydrogens is 1470 g/mol. The Bertz CT molecular complexity index is 6880. The smallest absolute Gasteiger partial charge is 0.311 e. The van der Waals surface area contributed by atoms with Crippen molar-refractivity contribution in [2.75, 3.05) is 52.3 Å². The molecule has 18 aromatic rings. The Morgan fingerprint density at radius 2 is 0.695 bits per heavy atom. The van der Waals surface area contributed by atoms with Gasteiger partial charge in [-0.1, -0.05) is 166 Å². The van der Waals surface area contributed by atoms with Gasteiger partial charge in [0.05, 0.1) is 74.6 Å². The molecule has 578 valence electrons. The number of nitrogens with zero attached hydrogens (tertiary/aromatic N) is 10. The van der Waals surface area contributed by atoms with Crippen molar-refractivity contribution >= 4 is 196 Å². The second-order valence-electron chi connectivity index (χ2n) is 29.8. The quantitative estimate of drug-likeness (QED) is 0.0320. The lowest BCUT2D eigenvalue weighted by atomic mass is 9.99. The van der Waals surface area contributed by atoms with Crippen LogP contribution in [0.25, 0.3) is 97.7 Å². The first kappa shape index (κ1) is 74.6. The molecule has 19 heteroatoms. The lowest BCUT2D eigenvalue weighted by Crippen LogP contribution is -2.39. The van der Waals surface area contributed by atoms with Gasteiger partial charge in [-0.25, -0.2) is 9.59 Å². The Hall–Kier alpha value is -14.8. The van der Waals surface area contributed by atoms with Gasteiger partial charge in [0.1, 0.15) is 28.4 Å². The standard InChI is InChI=1S/C99H82N13O6/c1-10-60-25-13-22-34-82(60)109(4)99(115)78-55-63-37-52-75-72-28-16-19-31-79(72)100-90(75)87(63)93(96(78)116-7)106-103-66-40-46-69(47-41-66)110(70-48-42-67(43-49-70)104-107-94-88-64(38-53-76-73-29-17-20-32-80(73)101-91(76)88)56-85(97(94)117-8)111(5,58-113)83-35-23-14-26-61(83)11-2)71-50-44-68(45-51-71)105-108-95-89-65(39-54-77-74-30-18-21-33-81(74)102-92(77)89)57-86(98(95)118-9)112(6,59-114)84-36-24-15-27-62(84)12-3/h13-59H,10-12H2,1-9H3,(H2-,100,101,102,103,104,105,115)/q+1/p+1. The van der Waals surface area contributed by atoms with Crippen molar-refractivity contribution in [3.63, 3.8) is 0 Å². The molecule has 3 amide bonds. The molecule has 118 heavy (non-hydrogen) atoms. The second kappa shape index (κ2) is 30.5. The summed E-state index contributed by atoms with van der Waals surface area (Å²) in [6.07, 6.45) is 4.03. The van der Waals surface area contributed by atoms with E-state index in [-0.39, 0.29) is 20.6 Å². The predicted molar refractivity (Wildman–Crippen MR) is 480 cm³/mol. The third-order valence-electron chi connectivity index (χ3n) is 23.3. The van der Waals surface area contributed by atoms with Crippen molar-refractivity contribution in [3.05, 3.63) is 295 Å². The van der Waals surface area contributed by atoms with Crippen molar-refractivity contribution < 1.29 is 28.6 Å². The van der Waals surface area contributed by atoms with Gasteiger partial charge in [-0.05, 0) is 144 Å². The molecule has 0 aliphatic rings. The molecule has 0 radical (unpaired) electrons. The van der Waals surface area contributed by atoms with Crippen LogP contribution in [0.4, 0.5) is 79.6 Å². The highest BCUT2D eigenvalue weighted by molar-refractivity contribution is 6.25. The summed E-state index contributed by atoms with van der Waals surface area (Å²) in [5.74, 6) is 0.820. The van der Waals surface area contributed by atoms with Crippen LogP contribution in [0.5, 0.6) is 17.2 Å². The SMILES string of the molecule is CCc1ccccc1N(C)C(=O)c1cc2ccc3c4ccccc4[nH]c3c2c(N=Nc2ccc(N(c3ccc(N=Nc4c(OC)c([N+](C)(C=O)c5ccccc5CC)cc5ccc6c7ccccc7[nH]c6c45)cc3)c3ccc(N=Nc4c(OC)c([N+](C)(C=O)c5ccccc5CC)cc5ccc6c7ccccc7[nH]c6c45)cc3)cc2)c1OC. The summed E-state index contributed by atoms with van der Waals surface area (Å²) < 4.78 is 18.8. The number of hydrogen-bond acceptors (Lipinski definition) is 13. The van der Waals surface area contributed by atoms with Crippen LogP contribution in [-0.2, 0) is 28.9 Å². The summed E-state index contributed by atoms with van der Waals surface area (Å²) in [7, 11) is 10.3. The fourth-order valence-electron chi connectivity index (χ4n) is 17.2. The molecule has 15 aromatic carbocycles. The van der Waals surface area contributed by atoms with E-state index < -0.39 is 0 Å². The topological polar surface area (TPSA) is 207 Å². The van der Waals surface area contributed by atoms with Crippen LogP contribution in [0.3, 0.4) is 0 Å². The number of carbonyl (C=O) groups excluding carboxylic acids is 3. The van der Waals surface area contributed by atoms with Crippen LogP contribution < -0.4 is 33.0 Å². The molecule has 0 fully saturated rings. The van der Waals surface area contributed by atoms with E-state index in [2.05, 4.69) is 113 Å². The number of ether oxygens (including phenoxy) is 3. The zero-order valence-corrected chi connectivity index (χ0v) is 66.7. The van der Waals surface area contributed by atoms with E-state index in [1.54, 1.807) is 33.3 Å². The number of amides is 3. The van der Waals surface area contributed by atoms with Gasteiger partial charge in [0.25, 0.3) is 5.91 Å². The number of anilines is 4. The van der Waals surface area contributed by atoms with Crippen LogP contribution in [0.1, 0.15) is 47.8 Å². The summed E-state index contributed by atoms with van der Waals surface area (Å²) in [5, 5.41) is 41.4. The number of rotatable bonds is 23. The first-order chi connectivity index (χ1) is 57.7. The Morgan fingerprint density at radius 3 is 1.06 bits per heavy atom. The number of aromatic amines is 3. The highest BCUT2D eigenvalue weighted by Crippen LogP contribution is 2.55. The number of azo groups is 3. The van der Waals surface area contributed by atoms with E-state index >= 15 is 4.79 Å². The minimum absolute atomic E-state index is 0.218. The van der Waals surface area contributed by atoms with E-state index in [1.807, 2.05) is 214 Å². The highest BCUT2D eigenvalue weighted by Gasteiger charge is 2.39. The maximum atomic E-state index is 15.0. The van der Waals surface area contributed by atoms with E-state index in [9.17, 15) is 9.59 Å². The molecule has 0 saturated heterocycles. The third kappa shape index (κ3) is 12.5. The molecule has 3 N–H and O–H groups in total. The van der Waals surface area contributed by atoms with Crippen molar-refractivity contribution in [1.82, 2.24) is 23.9 Å². The number of fused-ring (bicyclic) bond motifs is 15. The van der Waals surface area contributed by atoms with Crippen LogP contribution in [-0.4, -0.2) is 76.2 Å².